The number of halogens is 1. The summed E-state index contributed by atoms with van der Waals surface area (Å²) in [6.07, 6.45) is 3.86. The van der Waals surface area contributed by atoms with E-state index in [0.717, 1.165) is 38.2 Å². The zero-order valence-corrected chi connectivity index (χ0v) is 22.7. The van der Waals surface area contributed by atoms with Gasteiger partial charge < -0.3 is 10.1 Å². The number of hydrogen-bond donors (Lipinski definition) is 1. The molecule has 0 saturated carbocycles. The Kier molecular flexibility index (Phi) is 11.3. The summed E-state index contributed by atoms with van der Waals surface area (Å²) in [6.45, 7) is 15.6. The third-order valence-corrected chi connectivity index (χ3v) is 7.08. The molecule has 0 aromatic heterocycles. The number of piperazine rings is 1. The first-order valence-electron chi connectivity index (χ1n) is 12.6. The lowest BCUT2D eigenvalue weighted by atomic mass is 9.92. The van der Waals surface area contributed by atoms with Crippen LogP contribution in [-0.4, -0.2) is 60.6 Å². The third kappa shape index (κ3) is 7.09. The van der Waals surface area contributed by atoms with Crippen molar-refractivity contribution in [2.45, 2.75) is 64.7 Å². The number of hydrogen-bond acceptors (Lipinski definition) is 4. The van der Waals surface area contributed by atoms with Gasteiger partial charge in [-0.05, 0) is 62.1 Å². The van der Waals surface area contributed by atoms with Gasteiger partial charge in [-0.25, -0.2) is 0 Å². The van der Waals surface area contributed by atoms with Gasteiger partial charge in [-0.15, -0.1) is 19.0 Å². The molecule has 3 rings (SSSR count). The van der Waals surface area contributed by atoms with Crippen molar-refractivity contribution >= 4 is 18.3 Å². The summed E-state index contributed by atoms with van der Waals surface area (Å²) in [7, 11) is 1.71. The molecule has 1 saturated heterocycles. The van der Waals surface area contributed by atoms with E-state index in [4.69, 9.17) is 4.74 Å². The van der Waals surface area contributed by atoms with Crippen molar-refractivity contribution in [3.63, 3.8) is 0 Å². The van der Waals surface area contributed by atoms with Crippen molar-refractivity contribution in [2.75, 3.05) is 26.7 Å². The smallest absolute Gasteiger partial charge is 0.251 e. The molecule has 0 unspecified atom stereocenters. The van der Waals surface area contributed by atoms with Gasteiger partial charge >= 0.3 is 0 Å². The normalized spacial score (nSPS) is 19.6. The Labute approximate surface area is 217 Å². The maximum atomic E-state index is 12.8. The zero-order chi connectivity index (χ0) is 24.7. The van der Waals surface area contributed by atoms with Crippen LogP contribution in [0.2, 0.25) is 0 Å². The largest absolute Gasteiger partial charge is 0.497 e. The van der Waals surface area contributed by atoms with Crippen LogP contribution in [0.15, 0.2) is 61.2 Å². The highest BCUT2D eigenvalue weighted by atomic mass is 35.5. The predicted molar refractivity (Wildman–Crippen MR) is 148 cm³/mol. The van der Waals surface area contributed by atoms with Crippen molar-refractivity contribution in [3.05, 3.63) is 77.9 Å². The van der Waals surface area contributed by atoms with E-state index in [9.17, 15) is 4.79 Å². The van der Waals surface area contributed by atoms with Crippen LogP contribution in [0, 0.1) is 0 Å². The van der Waals surface area contributed by atoms with Crippen LogP contribution >= 0.6 is 12.4 Å². The molecule has 1 amide bonds. The fraction of sp³-hybridized carbons (Fsp3) is 0.483. The highest BCUT2D eigenvalue weighted by molar-refractivity contribution is 5.94. The van der Waals surface area contributed by atoms with Gasteiger partial charge in [0.05, 0.1) is 13.2 Å². The Morgan fingerprint density at radius 2 is 1.77 bits per heavy atom. The molecule has 1 fully saturated rings. The Hall–Kier alpha value is -2.34. The molecule has 35 heavy (non-hydrogen) atoms. The van der Waals surface area contributed by atoms with Crippen LogP contribution in [0.25, 0.3) is 0 Å². The van der Waals surface area contributed by atoms with Crippen LogP contribution in [0.1, 0.15) is 68.1 Å². The van der Waals surface area contributed by atoms with Gasteiger partial charge in [0.2, 0.25) is 0 Å². The summed E-state index contributed by atoms with van der Waals surface area (Å²) in [5.41, 5.74) is 3.09. The zero-order valence-electron chi connectivity index (χ0n) is 21.9. The molecule has 0 spiro atoms. The molecule has 5 nitrogen and oxygen atoms in total. The Morgan fingerprint density at radius 1 is 1.09 bits per heavy atom. The van der Waals surface area contributed by atoms with Gasteiger partial charge in [0.1, 0.15) is 5.75 Å². The molecule has 0 radical (unpaired) electrons. The fourth-order valence-corrected chi connectivity index (χ4v) is 4.97. The van der Waals surface area contributed by atoms with E-state index in [0.29, 0.717) is 17.6 Å². The van der Waals surface area contributed by atoms with E-state index in [1.165, 1.54) is 11.1 Å². The summed E-state index contributed by atoms with van der Waals surface area (Å²) in [5, 5.41) is 3.14. The second-order valence-electron chi connectivity index (χ2n) is 9.43. The summed E-state index contributed by atoms with van der Waals surface area (Å²) in [6, 6.07) is 17.6. The average Bonchev–Trinajstić information content (AvgIpc) is 2.86. The van der Waals surface area contributed by atoms with Crippen molar-refractivity contribution in [1.29, 1.82) is 0 Å². The van der Waals surface area contributed by atoms with Crippen molar-refractivity contribution < 1.29 is 9.53 Å². The van der Waals surface area contributed by atoms with E-state index in [1.807, 2.05) is 24.3 Å². The van der Waals surface area contributed by atoms with Crippen LogP contribution in [-0.2, 0) is 0 Å². The Balaban J connectivity index is 0.00000432. The monoisotopic (exact) mass is 499 g/mol. The number of carbonyl (C=O) groups is 1. The molecule has 3 atom stereocenters. The second kappa shape index (κ2) is 13.7. The molecule has 2 aromatic carbocycles. The van der Waals surface area contributed by atoms with Crippen LogP contribution in [0.5, 0.6) is 5.75 Å². The number of carbonyl (C=O) groups excluding carboxylic acids is 1. The van der Waals surface area contributed by atoms with Gasteiger partial charge in [0, 0.05) is 43.3 Å². The summed E-state index contributed by atoms with van der Waals surface area (Å²) in [5.74, 6) is 0.855. The van der Waals surface area contributed by atoms with Gasteiger partial charge in [-0.2, -0.15) is 0 Å². The molecular weight excluding hydrogens is 458 g/mol. The minimum absolute atomic E-state index is 0. The number of nitrogens with one attached hydrogen (secondary N) is 1. The standard InChI is InChI=1S/C29H41N3O2.ClH/c1-7-17-31-19-22(5)32(20-21(31)4)28(25-11-10-12-27(18-25)34-6)23-13-15-24(16-14-23)29(33)30-26(8-2)9-3;/h7,10-16,18,21-22,26,28H,1,8-9,17,19-20H2,2-6H3,(H,30,33);1H/t21-,22+,28+;/m1./s1. The molecule has 2 aromatic rings. The van der Waals surface area contributed by atoms with Gasteiger partial charge in [-0.3, -0.25) is 14.6 Å². The van der Waals surface area contributed by atoms with E-state index in [2.05, 4.69) is 79.7 Å². The number of rotatable bonds is 10. The van der Waals surface area contributed by atoms with E-state index in [1.54, 1.807) is 7.11 Å². The summed E-state index contributed by atoms with van der Waals surface area (Å²) < 4.78 is 5.54. The molecule has 1 N–H and O–H groups in total. The molecular formula is C29H42ClN3O2. The number of benzene rings is 2. The SMILES string of the molecule is C=CCN1C[C@H](C)N([C@@H](c2ccc(C(=O)NC(CC)CC)cc2)c2cccc(OC)c2)C[C@H]1C.Cl. The minimum atomic E-state index is -0.00166. The first kappa shape index (κ1) is 28.9. The first-order chi connectivity index (χ1) is 16.4. The van der Waals surface area contributed by atoms with Crippen LogP contribution in [0.3, 0.4) is 0 Å². The Bertz CT molecular complexity index is 945. The quantitative estimate of drug-likeness (QED) is 0.425. The number of nitrogens with zero attached hydrogens (tertiary/aromatic N) is 2. The van der Waals surface area contributed by atoms with Crippen LogP contribution in [0.4, 0.5) is 0 Å². The van der Waals surface area contributed by atoms with Gasteiger partial charge in [0.25, 0.3) is 5.91 Å². The second-order valence-corrected chi connectivity index (χ2v) is 9.43. The molecule has 6 heteroatoms. The van der Waals surface area contributed by atoms with Gasteiger partial charge in [-0.1, -0.05) is 44.2 Å². The van der Waals surface area contributed by atoms with E-state index >= 15 is 0 Å². The van der Waals surface area contributed by atoms with Crippen molar-refractivity contribution in [2.24, 2.45) is 0 Å². The summed E-state index contributed by atoms with van der Waals surface area (Å²) >= 11 is 0. The molecule has 1 heterocycles. The lowest BCUT2D eigenvalue weighted by Crippen LogP contribution is -2.57. The summed E-state index contributed by atoms with van der Waals surface area (Å²) in [4.78, 5) is 17.8. The molecule has 1 aliphatic rings. The minimum Gasteiger partial charge on any atom is -0.497 e. The average molecular weight is 500 g/mol. The molecule has 0 bridgehead atoms. The first-order valence-corrected chi connectivity index (χ1v) is 12.6. The predicted octanol–water partition coefficient (Wildman–Crippen LogP) is 5.71. The maximum absolute atomic E-state index is 12.8. The van der Waals surface area contributed by atoms with E-state index < -0.39 is 0 Å². The van der Waals surface area contributed by atoms with Crippen molar-refractivity contribution in [3.8, 4) is 5.75 Å². The topological polar surface area (TPSA) is 44.8 Å². The third-order valence-electron chi connectivity index (χ3n) is 7.08. The fourth-order valence-electron chi connectivity index (χ4n) is 4.97. The number of ether oxygens (including phenoxy) is 1. The van der Waals surface area contributed by atoms with E-state index in [-0.39, 0.29) is 30.4 Å². The lowest BCUT2D eigenvalue weighted by Gasteiger charge is -2.47. The highest BCUT2D eigenvalue weighted by Crippen LogP contribution is 2.34. The molecule has 192 valence electrons. The number of methoxy groups -OCH3 is 1. The number of amides is 1. The molecule has 1 aliphatic heterocycles. The maximum Gasteiger partial charge on any atom is 0.251 e. The Morgan fingerprint density at radius 3 is 2.37 bits per heavy atom. The molecule has 0 aliphatic carbocycles. The van der Waals surface area contributed by atoms with Gasteiger partial charge in [0.15, 0.2) is 0 Å². The highest BCUT2D eigenvalue weighted by Gasteiger charge is 2.34. The lowest BCUT2D eigenvalue weighted by molar-refractivity contribution is 0.0306. The van der Waals surface area contributed by atoms with Crippen molar-refractivity contribution in [1.82, 2.24) is 15.1 Å². The van der Waals surface area contributed by atoms with Crippen LogP contribution < -0.4 is 10.1 Å².